The minimum absolute atomic E-state index is 0.122. The van der Waals surface area contributed by atoms with Crippen molar-refractivity contribution >= 4 is 34.7 Å². The van der Waals surface area contributed by atoms with Crippen LogP contribution in [-0.4, -0.2) is 21.7 Å². The van der Waals surface area contributed by atoms with Crippen molar-refractivity contribution in [3.8, 4) is 0 Å². The van der Waals surface area contributed by atoms with E-state index in [-0.39, 0.29) is 5.91 Å². The number of hydrogen-bond donors (Lipinski definition) is 1. The van der Waals surface area contributed by atoms with Gasteiger partial charge in [0.25, 0.3) is 5.91 Å². The number of aryl methyl sites for hydroxylation is 2. The largest absolute Gasteiger partial charge is 0.310 e. The lowest BCUT2D eigenvalue weighted by atomic mass is 10.1. The fourth-order valence-corrected chi connectivity index (χ4v) is 3.07. The van der Waals surface area contributed by atoms with Crippen molar-refractivity contribution in [1.29, 1.82) is 0 Å². The summed E-state index contributed by atoms with van der Waals surface area (Å²) in [5.41, 5.74) is 3.56. The monoisotopic (exact) mass is 325 g/mol. The van der Waals surface area contributed by atoms with Crippen LogP contribution in [-0.2, 0) is 6.54 Å². The van der Waals surface area contributed by atoms with Crippen molar-refractivity contribution in [3.63, 3.8) is 0 Å². The SMILES string of the molecule is CCn1c(NC(=O)c2cc(SC)ccc2C)nc2ccccc21. The smallest absolute Gasteiger partial charge is 0.258 e. The van der Waals surface area contributed by atoms with Crippen LogP contribution in [0.25, 0.3) is 11.0 Å². The first kappa shape index (κ1) is 15.6. The van der Waals surface area contributed by atoms with Crippen molar-refractivity contribution in [2.45, 2.75) is 25.3 Å². The summed E-state index contributed by atoms with van der Waals surface area (Å²) in [5.74, 6) is 0.469. The maximum absolute atomic E-state index is 12.7. The van der Waals surface area contributed by atoms with E-state index in [0.717, 1.165) is 28.0 Å². The molecule has 118 valence electrons. The predicted octanol–water partition coefficient (Wildman–Crippen LogP) is 4.34. The molecule has 0 spiro atoms. The number of imidazole rings is 1. The molecule has 0 saturated heterocycles. The maximum Gasteiger partial charge on any atom is 0.258 e. The molecule has 5 heteroatoms. The number of nitrogens with one attached hydrogen (secondary N) is 1. The first-order chi connectivity index (χ1) is 11.1. The number of anilines is 1. The van der Waals surface area contributed by atoms with E-state index in [1.54, 1.807) is 11.8 Å². The normalized spacial score (nSPS) is 10.9. The van der Waals surface area contributed by atoms with Crippen LogP contribution in [0.1, 0.15) is 22.8 Å². The Morgan fingerprint density at radius 1 is 1.26 bits per heavy atom. The van der Waals surface area contributed by atoms with Crippen molar-refractivity contribution < 1.29 is 4.79 Å². The van der Waals surface area contributed by atoms with E-state index >= 15 is 0 Å². The highest BCUT2D eigenvalue weighted by Gasteiger charge is 2.15. The second-order valence-corrected chi connectivity index (χ2v) is 6.18. The second kappa shape index (κ2) is 6.46. The molecule has 0 aliphatic heterocycles. The summed E-state index contributed by atoms with van der Waals surface area (Å²) in [5, 5.41) is 2.96. The zero-order valence-electron chi connectivity index (χ0n) is 13.5. The highest BCUT2D eigenvalue weighted by Crippen LogP contribution is 2.22. The number of fused-ring (bicyclic) bond motifs is 1. The molecule has 3 aromatic rings. The Hall–Kier alpha value is -2.27. The Morgan fingerprint density at radius 3 is 2.78 bits per heavy atom. The van der Waals surface area contributed by atoms with Crippen molar-refractivity contribution in [1.82, 2.24) is 9.55 Å². The van der Waals surface area contributed by atoms with Gasteiger partial charge in [-0.3, -0.25) is 10.1 Å². The lowest BCUT2D eigenvalue weighted by Gasteiger charge is -2.10. The van der Waals surface area contributed by atoms with E-state index < -0.39 is 0 Å². The topological polar surface area (TPSA) is 46.9 Å². The molecule has 1 heterocycles. The Balaban J connectivity index is 1.97. The molecule has 1 amide bonds. The number of carbonyl (C=O) groups is 1. The van der Waals surface area contributed by atoms with E-state index in [0.29, 0.717) is 11.5 Å². The van der Waals surface area contributed by atoms with Gasteiger partial charge >= 0.3 is 0 Å². The average Bonchev–Trinajstić information content (AvgIpc) is 2.92. The van der Waals surface area contributed by atoms with E-state index in [1.807, 2.05) is 67.1 Å². The van der Waals surface area contributed by atoms with Crippen LogP contribution in [0.4, 0.5) is 5.95 Å². The van der Waals surface area contributed by atoms with Gasteiger partial charge in [0.1, 0.15) is 0 Å². The molecule has 1 N–H and O–H groups in total. The molecule has 0 fully saturated rings. The molecule has 0 saturated carbocycles. The lowest BCUT2D eigenvalue weighted by molar-refractivity contribution is 0.102. The predicted molar refractivity (Wildman–Crippen MR) is 96.3 cm³/mol. The molecule has 23 heavy (non-hydrogen) atoms. The molecule has 0 unspecified atom stereocenters. The fraction of sp³-hybridized carbons (Fsp3) is 0.222. The fourth-order valence-electron chi connectivity index (χ4n) is 2.63. The number of rotatable bonds is 4. The van der Waals surface area contributed by atoms with E-state index in [4.69, 9.17) is 0 Å². The van der Waals surface area contributed by atoms with Gasteiger partial charge in [-0.1, -0.05) is 18.2 Å². The summed E-state index contributed by atoms with van der Waals surface area (Å²) in [6.45, 7) is 4.74. The van der Waals surface area contributed by atoms with Crippen LogP contribution < -0.4 is 5.32 Å². The van der Waals surface area contributed by atoms with Crippen molar-refractivity contribution in [3.05, 3.63) is 53.6 Å². The molecule has 0 aliphatic carbocycles. The van der Waals surface area contributed by atoms with E-state index in [9.17, 15) is 4.79 Å². The van der Waals surface area contributed by atoms with Gasteiger partial charge in [0.2, 0.25) is 5.95 Å². The van der Waals surface area contributed by atoms with Gasteiger partial charge in [0.15, 0.2) is 0 Å². The second-order valence-electron chi connectivity index (χ2n) is 5.30. The molecule has 4 nitrogen and oxygen atoms in total. The molecule has 1 aromatic heterocycles. The van der Waals surface area contributed by atoms with Crippen molar-refractivity contribution in [2.75, 3.05) is 11.6 Å². The first-order valence-electron chi connectivity index (χ1n) is 7.55. The highest BCUT2D eigenvalue weighted by atomic mass is 32.2. The first-order valence-corrected chi connectivity index (χ1v) is 8.77. The molecule has 0 atom stereocenters. The van der Waals surface area contributed by atoms with Gasteiger partial charge in [-0.05, 0) is 49.9 Å². The summed E-state index contributed by atoms with van der Waals surface area (Å²) in [4.78, 5) is 18.3. The number of carbonyl (C=O) groups excluding carboxylic acids is 1. The van der Waals surface area contributed by atoms with Gasteiger partial charge in [-0.15, -0.1) is 11.8 Å². The van der Waals surface area contributed by atoms with Crippen LogP contribution in [0.5, 0.6) is 0 Å². The summed E-state index contributed by atoms with van der Waals surface area (Å²) in [6, 6.07) is 13.8. The lowest BCUT2D eigenvalue weighted by Crippen LogP contribution is -2.17. The molecule has 0 radical (unpaired) electrons. The third-order valence-electron chi connectivity index (χ3n) is 3.89. The van der Waals surface area contributed by atoms with Gasteiger partial charge in [-0.2, -0.15) is 0 Å². The van der Waals surface area contributed by atoms with Gasteiger partial charge in [-0.25, -0.2) is 4.98 Å². The standard InChI is InChI=1S/C18H19N3OS/c1-4-21-16-8-6-5-7-15(16)19-18(21)20-17(22)14-11-13(23-3)10-9-12(14)2/h5-11H,4H2,1-3H3,(H,19,20,22). The van der Waals surface area contributed by atoms with Gasteiger partial charge < -0.3 is 4.57 Å². The number of para-hydroxylation sites is 2. The summed E-state index contributed by atoms with van der Waals surface area (Å²) in [6.07, 6.45) is 2.00. The third-order valence-corrected chi connectivity index (χ3v) is 4.61. The number of hydrogen-bond acceptors (Lipinski definition) is 3. The molecular formula is C18H19N3OS. The number of amides is 1. The van der Waals surface area contributed by atoms with Crippen LogP contribution in [0.15, 0.2) is 47.4 Å². The quantitative estimate of drug-likeness (QED) is 0.726. The third kappa shape index (κ3) is 2.97. The van der Waals surface area contributed by atoms with E-state index in [2.05, 4.69) is 10.3 Å². The van der Waals surface area contributed by atoms with Gasteiger partial charge in [0, 0.05) is 17.0 Å². The summed E-state index contributed by atoms with van der Waals surface area (Å²) < 4.78 is 2.01. The summed E-state index contributed by atoms with van der Waals surface area (Å²) in [7, 11) is 0. The zero-order chi connectivity index (χ0) is 16.4. The van der Waals surface area contributed by atoms with Crippen LogP contribution in [0, 0.1) is 6.92 Å². The Labute approximate surface area is 139 Å². The molecular weight excluding hydrogens is 306 g/mol. The maximum atomic E-state index is 12.7. The molecule has 0 bridgehead atoms. The van der Waals surface area contributed by atoms with Crippen LogP contribution in [0.3, 0.4) is 0 Å². The van der Waals surface area contributed by atoms with Crippen molar-refractivity contribution in [2.24, 2.45) is 0 Å². The number of nitrogens with zero attached hydrogens (tertiary/aromatic N) is 2. The average molecular weight is 325 g/mol. The summed E-state index contributed by atoms with van der Waals surface area (Å²) >= 11 is 1.63. The Kier molecular flexibility index (Phi) is 4.39. The zero-order valence-corrected chi connectivity index (χ0v) is 14.3. The van der Waals surface area contributed by atoms with Crippen LogP contribution >= 0.6 is 11.8 Å². The Bertz CT molecular complexity index is 870. The Morgan fingerprint density at radius 2 is 2.04 bits per heavy atom. The minimum atomic E-state index is -0.122. The number of aromatic nitrogens is 2. The van der Waals surface area contributed by atoms with Crippen LogP contribution in [0.2, 0.25) is 0 Å². The molecule has 3 rings (SSSR count). The molecule has 0 aliphatic rings. The minimum Gasteiger partial charge on any atom is -0.310 e. The van der Waals surface area contributed by atoms with Gasteiger partial charge in [0.05, 0.1) is 11.0 Å². The van der Waals surface area contributed by atoms with E-state index in [1.165, 1.54) is 0 Å². The number of thioether (sulfide) groups is 1. The molecule has 2 aromatic carbocycles. The number of benzene rings is 2. The highest BCUT2D eigenvalue weighted by molar-refractivity contribution is 7.98.